The molecule has 27 heavy (non-hydrogen) atoms. The van der Waals surface area contributed by atoms with Gasteiger partial charge in [-0.2, -0.15) is 5.10 Å². The van der Waals surface area contributed by atoms with Crippen LogP contribution in [0.4, 0.5) is 0 Å². The lowest BCUT2D eigenvalue weighted by Gasteiger charge is -2.20. The number of likely N-dealkylation sites (tertiary alicyclic amines) is 1. The number of benzene rings is 1. The Balaban J connectivity index is 1.79. The van der Waals surface area contributed by atoms with Gasteiger partial charge in [0.05, 0.1) is 5.69 Å². The van der Waals surface area contributed by atoms with Crippen molar-refractivity contribution >= 4 is 11.8 Å². The fraction of sp³-hybridized carbons (Fsp3) is 0.476. The quantitative estimate of drug-likeness (QED) is 0.881. The summed E-state index contributed by atoms with van der Waals surface area (Å²) in [5, 5.41) is 4.53. The second-order valence-corrected chi connectivity index (χ2v) is 7.27. The summed E-state index contributed by atoms with van der Waals surface area (Å²) in [4.78, 5) is 25.8. The minimum Gasteiger partial charge on any atom is -0.370 e. The molecule has 0 spiro atoms. The Bertz CT molecular complexity index is 815. The van der Waals surface area contributed by atoms with Crippen molar-refractivity contribution in [2.75, 3.05) is 13.1 Å². The van der Waals surface area contributed by atoms with Gasteiger partial charge in [0, 0.05) is 42.9 Å². The summed E-state index contributed by atoms with van der Waals surface area (Å²) in [6, 6.07) is 7.78. The van der Waals surface area contributed by atoms with Crippen LogP contribution in [-0.2, 0) is 11.3 Å². The third kappa shape index (κ3) is 4.38. The van der Waals surface area contributed by atoms with Gasteiger partial charge in [0.2, 0.25) is 5.91 Å². The Morgan fingerprint density at radius 1 is 1.04 bits per heavy atom. The molecular weight excluding hydrogens is 340 g/mol. The van der Waals surface area contributed by atoms with E-state index in [2.05, 4.69) is 5.10 Å². The lowest BCUT2D eigenvalue weighted by atomic mass is 10.0. The van der Waals surface area contributed by atoms with Crippen LogP contribution in [-0.4, -0.2) is 39.6 Å². The number of nitrogens with zero attached hydrogens (tertiary/aromatic N) is 3. The van der Waals surface area contributed by atoms with Crippen LogP contribution < -0.4 is 5.73 Å². The number of rotatable bonds is 5. The molecule has 0 unspecified atom stereocenters. The van der Waals surface area contributed by atoms with Crippen molar-refractivity contribution in [1.29, 1.82) is 0 Å². The summed E-state index contributed by atoms with van der Waals surface area (Å²) < 4.78 is 1.83. The first-order chi connectivity index (χ1) is 13.0. The molecule has 6 nitrogen and oxygen atoms in total. The highest BCUT2D eigenvalue weighted by Gasteiger charge is 2.18. The highest BCUT2D eigenvalue weighted by Crippen LogP contribution is 2.27. The van der Waals surface area contributed by atoms with Crippen LogP contribution in [0.3, 0.4) is 0 Å². The zero-order chi connectivity index (χ0) is 19.4. The average molecular weight is 368 g/mol. The first kappa shape index (κ1) is 19.1. The summed E-state index contributed by atoms with van der Waals surface area (Å²) in [5.74, 6) is -0.213. The van der Waals surface area contributed by atoms with E-state index in [0.29, 0.717) is 6.54 Å². The summed E-state index contributed by atoms with van der Waals surface area (Å²) in [5.41, 5.74) is 9.97. The second-order valence-electron chi connectivity index (χ2n) is 7.27. The predicted molar refractivity (Wildman–Crippen MR) is 105 cm³/mol. The number of aromatic nitrogens is 2. The normalized spacial score (nSPS) is 14.8. The van der Waals surface area contributed by atoms with Gasteiger partial charge in [-0.15, -0.1) is 0 Å². The molecule has 0 radical (unpaired) electrons. The molecule has 0 atom stereocenters. The van der Waals surface area contributed by atoms with Crippen LogP contribution in [0.5, 0.6) is 0 Å². The molecule has 2 aromatic rings. The molecule has 2 heterocycles. The molecule has 0 aliphatic carbocycles. The minimum atomic E-state index is -0.333. The SMILES string of the molecule is Cc1nn(CCC(N)=O)c(C)c1-c1ccc(C(=O)N2CCCCCC2)cc1. The Morgan fingerprint density at radius 3 is 2.26 bits per heavy atom. The maximum absolute atomic E-state index is 12.8. The molecular formula is C21H28N4O2. The Morgan fingerprint density at radius 2 is 1.67 bits per heavy atom. The first-order valence-corrected chi connectivity index (χ1v) is 9.69. The highest BCUT2D eigenvalue weighted by atomic mass is 16.2. The number of carbonyl (C=O) groups excluding carboxylic acids is 2. The molecule has 1 aliphatic heterocycles. The van der Waals surface area contributed by atoms with E-state index in [9.17, 15) is 9.59 Å². The summed E-state index contributed by atoms with van der Waals surface area (Å²) >= 11 is 0. The zero-order valence-electron chi connectivity index (χ0n) is 16.2. The third-order valence-electron chi connectivity index (χ3n) is 5.27. The number of carbonyl (C=O) groups is 2. The molecule has 2 N–H and O–H groups in total. The smallest absolute Gasteiger partial charge is 0.253 e. The summed E-state index contributed by atoms with van der Waals surface area (Å²) in [7, 11) is 0. The first-order valence-electron chi connectivity index (χ1n) is 9.69. The van der Waals surface area contributed by atoms with Gasteiger partial charge in [-0.1, -0.05) is 25.0 Å². The molecule has 1 aliphatic rings. The van der Waals surface area contributed by atoms with E-state index >= 15 is 0 Å². The van der Waals surface area contributed by atoms with Crippen LogP contribution in [0.2, 0.25) is 0 Å². The van der Waals surface area contributed by atoms with Gasteiger partial charge in [0.15, 0.2) is 0 Å². The van der Waals surface area contributed by atoms with Crippen molar-refractivity contribution in [3.63, 3.8) is 0 Å². The van der Waals surface area contributed by atoms with E-state index in [1.165, 1.54) is 12.8 Å². The van der Waals surface area contributed by atoms with Crippen molar-refractivity contribution in [2.24, 2.45) is 5.73 Å². The Hall–Kier alpha value is -2.63. The molecule has 1 saturated heterocycles. The molecule has 6 heteroatoms. The fourth-order valence-corrected chi connectivity index (χ4v) is 3.78. The van der Waals surface area contributed by atoms with Crippen molar-refractivity contribution in [3.05, 3.63) is 41.2 Å². The maximum atomic E-state index is 12.8. The van der Waals surface area contributed by atoms with Crippen molar-refractivity contribution in [1.82, 2.24) is 14.7 Å². The van der Waals surface area contributed by atoms with Crippen LogP contribution in [0.15, 0.2) is 24.3 Å². The van der Waals surface area contributed by atoms with E-state index in [4.69, 9.17) is 5.73 Å². The number of aryl methyl sites for hydroxylation is 2. The van der Waals surface area contributed by atoms with Crippen molar-refractivity contribution in [2.45, 2.75) is 52.5 Å². The fourth-order valence-electron chi connectivity index (χ4n) is 3.78. The van der Waals surface area contributed by atoms with Gasteiger partial charge >= 0.3 is 0 Å². The minimum absolute atomic E-state index is 0.119. The van der Waals surface area contributed by atoms with E-state index in [1.807, 2.05) is 47.7 Å². The van der Waals surface area contributed by atoms with Gasteiger partial charge in [0.25, 0.3) is 5.91 Å². The van der Waals surface area contributed by atoms with Gasteiger partial charge < -0.3 is 10.6 Å². The molecule has 0 bridgehead atoms. The lowest BCUT2D eigenvalue weighted by molar-refractivity contribution is -0.118. The highest BCUT2D eigenvalue weighted by molar-refractivity contribution is 5.94. The van der Waals surface area contributed by atoms with E-state index in [1.54, 1.807) is 0 Å². The van der Waals surface area contributed by atoms with Gasteiger partial charge in [-0.25, -0.2) is 0 Å². The lowest BCUT2D eigenvalue weighted by Crippen LogP contribution is -2.31. The maximum Gasteiger partial charge on any atom is 0.253 e. The second kappa shape index (κ2) is 8.37. The number of primary amides is 1. The number of hydrogen-bond donors (Lipinski definition) is 1. The van der Waals surface area contributed by atoms with Crippen molar-refractivity contribution < 1.29 is 9.59 Å². The molecule has 3 rings (SSSR count). The Labute approximate surface area is 160 Å². The molecule has 1 aromatic carbocycles. The monoisotopic (exact) mass is 368 g/mol. The molecule has 0 saturated carbocycles. The standard InChI is InChI=1S/C21H28N4O2/c1-15-20(16(2)25(23-15)14-11-19(22)26)17-7-9-18(10-8-17)21(27)24-12-5-3-4-6-13-24/h7-10H,3-6,11-14H2,1-2H3,(H2,22,26). The predicted octanol–water partition coefficient (Wildman–Crippen LogP) is 3.06. The van der Waals surface area contributed by atoms with Crippen molar-refractivity contribution in [3.8, 4) is 11.1 Å². The van der Waals surface area contributed by atoms with E-state index in [-0.39, 0.29) is 18.2 Å². The number of amides is 2. The van der Waals surface area contributed by atoms with Crippen LogP contribution >= 0.6 is 0 Å². The van der Waals surface area contributed by atoms with E-state index < -0.39 is 0 Å². The van der Waals surface area contributed by atoms with Crippen LogP contribution in [0, 0.1) is 13.8 Å². The molecule has 144 valence electrons. The number of nitrogens with two attached hydrogens (primary N) is 1. The summed E-state index contributed by atoms with van der Waals surface area (Å²) in [6.45, 7) is 6.14. The average Bonchev–Trinajstić information content (AvgIpc) is 2.84. The molecule has 1 fully saturated rings. The summed E-state index contributed by atoms with van der Waals surface area (Å²) in [6.07, 6.45) is 4.87. The molecule has 2 amide bonds. The van der Waals surface area contributed by atoms with Crippen LogP contribution in [0.25, 0.3) is 11.1 Å². The topological polar surface area (TPSA) is 81.2 Å². The third-order valence-corrected chi connectivity index (χ3v) is 5.27. The zero-order valence-corrected chi connectivity index (χ0v) is 16.2. The molecule has 1 aromatic heterocycles. The number of hydrogen-bond acceptors (Lipinski definition) is 3. The van der Waals surface area contributed by atoms with Gasteiger partial charge in [0.1, 0.15) is 0 Å². The van der Waals surface area contributed by atoms with Gasteiger partial charge in [-0.05, 0) is 44.4 Å². The van der Waals surface area contributed by atoms with Crippen LogP contribution in [0.1, 0.15) is 53.8 Å². The van der Waals surface area contributed by atoms with Gasteiger partial charge in [-0.3, -0.25) is 14.3 Å². The Kier molecular flexibility index (Phi) is 5.94. The van der Waals surface area contributed by atoms with E-state index in [0.717, 1.165) is 54.0 Å². The largest absolute Gasteiger partial charge is 0.370 e.